The van der Waals surface area contributed by atoms with Gasteiger partial charge in [-0.15, -0.1) is 22.9 Å². The number of nitrogens with zero attached hydrogens (tertiary/aromatic N) is 1. The van der Waals surface area contributed by atoms with Gasteiger partial charge in [0.2, 0.25) is 0 Å². The zero-order valence-corrected chi connectivity index (χ0v) is 9.65. The van der Waals surface area contributed by atoms with Gasteiger partial charge >= 0.3 is 0 Å². The van der Waals surface area contributed by atoms with Gasteiger partial charge in [0.1, 0.15) is 0 Å². The molecule has 0 amide bonds. The lowest BCUT2D eigenvalue weighted by Crippen LogP contribution is -2.08. The van der Waals surface area contributed by atoms with Gasteiger partial charge in [0, 0.05) is 11.3 Å². The van der Waals surface area contributed by atoms with E-state index < -0.39 is 0 Å². The van der Waals surface area contributed by atoms with E-state index in [-0.39, 0.29) is 0 Å². The molecule has 2 saturated carbocycles. The standard InChI is InChI=1S/C11H14ClNS/c12-5-9-6-14-11(13-9)10-4-7-1-2-8(10)3-7/h6-8,10H,1-5H2. The van der Waals surface area contributed by atoms with Gasteiger partial charge in [0.05, 0.1) is 16.6 Å². The molecule has 3 unspecified atom stereocenters. The molecule has 0 N–H and O–H groups in total. The fraction of sp³-hybridized carbons (Fsp3) is 0.727. The Morgan fingerprint density at radius 1 is 1.43 bits per heavy atom. The van der Waals surface area contributed by atoms with Crippen LogP contribution in [-0.4, -0.2) is 4.98 Å². The zero-order chi connectivity index (χ0) is 9.54. The van der Waals surface area contributed by atoms with Gasteiger partial charge in [-0.2, -0.15) is 0 Å². The molecule has 1 nitrogen and oxygen atoms in total. The highest BCUT2D eigenvalue weighted by atomic mass is 35.5. The Kier molecular flexibility index (Phi) is 2.29. The maximum atomic E-state index is 5.77. The SMILES string of the molecule is ClCc1csc(C2CC3CCC2C3)n1. The summed E-state index contributed by atoms with van der Waals surface area (Å²) in [7, 11) is 0. The first kappa shape index (κ1) is 9.17. The second-order valence-electron chi connectivity index (χ2n) is 4.59. The second-order valence-corrected chi connectivity index (χ2v) is 5.75. The molecule has 2 aliphatic rings. The Morgan fingerprint density at radius 2 is 2.36 bits per heavy atom. The van der Waals surface area contributed by atoms with Crippen molar-refractivity contribution in [3.63, 3.8) is 0 Å². The topological polar surface area (TPSA) is 12.9 Å². The Labute approximate surface area is 93.5 Å². The molecule has 1 aromatic rings. The maximum absolute atomic E-state index is 5.77. The third-order valence-electron chi connectivity index (χ3n) is 3.76. The Balaban J connectivity index is 1.82. The van der Waals surface area contributed by atoms with Crippen LogP contribution in [0, 0.1) is 11.8 Å². The van der Waals surface area contributed by atoms with Crippen molar-refractivity contribution in [2.75, 3.05) is 0 Å². The smallest absolute Gasteiger partial charge is 0.0962 e. The minimum Gasteiger partial charge on any atom is -0.245 e. The first-order valence-corrected chi connectivity index (χ1v) is 6.78. The van der Waals surface area contributed by atoms with Gasteiger partial charge in [-0.25, -0.2) is 4.98 Å². The number of halogens is 1. The average molecular weight is 228 g/mol. The number of aromatic nitrogens is 1. The Hall–Kier alpha value is -0.0800. The van der Waals surface area contributed by atoms with Gasteiger partial charge < -0.3 is 0 Å². The van der Waals surface area contributed by atoms with E-state index in [0.29, 0.717) is 5.88 Å². The third-order valence-corrected chi connectivity index (χ3v) is 5.06. The number of fused-ring (bicyclic) bond motifs is 2. The molecule has 0 aliphatic heterocycles. The summed E-state index contributed by atoms with van der Waals surface area (Å²) in [5.74, 6) is 3.29. The van der Waals surface area contributed by atoms with Crippen molar-refractivity contribution in [1.29, 1.82) is 0 Å². The number of thiazole rings is 1. The number of hydrogen-bond acceptors (Lipinski definition) is 2. The van der Waals surface area contributed by atoms with Crippen LogP contribution in [0.3, 0.4) is 0 Å². The predicted molar refractivity (Wildman–Crippen MR) is 59.9 cm³/mol. The Bertz CT molecular complexity index is 336. The van der Waals surface area contributed by atoms with Crippen LogP contribution in [0.1, 0.15) is 42.3 Å². The fourth-order valence-corrected chi connectivity index (χ4v) is 4.36. The summed E-state index contributed by atoms with van der Waals surface area (Å²) in [6, 6.07) is 0. The highest BCUT2D eigenvalue weighted by Crippen LogP contribution is 2.53. The summed E-state index contributed by atoms with van der Waals surface area (Å²) in [5, 5.41) is 3.47. The van der Waals surface area contributed by atoms with Crippen molar-refractivity contribution in [2.24, 2.45) is 11.8 Å². The molecule has 0 radical (unpaired) electrons. The van der Waals surface area contributed by atoms with Crippen LogP contribution >= 0.6 is 22.9 Å². The van der Waals surface area contributed by atoms with E-state index in [1.54, 1.807) is 0 Å². The van der Waals surface area contributed by atoms with Crippen LogP contribution in [-0.2, 0) is 5.88 Å². The molecule has 1 heterocycles. The molecular formula is C11H14ClNS. The quantitative estimate of drug-likeness (QED) is 0.701. The number of hydrogen-bond donors (Lipinski definition) is 0. The second kappa shape index (κ2) is 3.49. The predicted octanol–water partition coefficient (Wildman–Crippen LogP) is 3.79. The lowest BCUT2D eigenvalue weighted by atomic mass is 9.89. The van der Waals surface area contributed by atoms with Gasteiger partial charge in [0.15, 0.2) is 0 Å². The highest BCUT2D eigenvalue weighted by Gasteiger charge is 2.41. The average Bonchev–Trinajstić information content (AvgIpc) is 2.93. The van der Waals surface area contributed by atoms with Gasteiger partial charge in [-0.3, -0.25) is 0 Å². The molecule has 76 valence electrons. The molecule has 3 atom stereocenters. The van der Waals surface area contributed by atoms with Gasteiger partial charge in [-0.05, 0) is 31.1 Å². The van der Waals surface area contributed by atoms with E-state index >= 15 is 0 Å². The number of rotatable bonds is 2. The van der Waals surface area contributed by atoms with E-state index in [4.69, 9.17) is 11.6 Å². The molecule has 0 spiro atoms. The van der Waals surface area contributed by atoms with Crippen LogP contribution in [0.4, 0.5) is 0 Å². The monoisotopic (exact) mass is 227 g/mol. The third kappa shape index (κ3) is 1.40. The molecule has 2 aliphatic carbocycles. The van der Waals surface area contributed by atoms with Crippen LogP contribution in [0.5, 0.6) is 0 Å². The number of alkyl halides is 1. The van der Waals surface area contributed by atoms with Crippen LogP contribution in [0.15, 0.2) is 5.38 Å². The normalized spacial score (nSPS) is 35.4. The summed E-state index contributed by atoms with van der Waals surface area (Å²) in [6.45, 7) is 0. The molecule has 14 heavy (non-hydrogen) atoms. The van der Waals surface area contributed by atoms with Crippen molar-refractivity contribution in [3.8, 4) is 0 Å². The van der Waals surface area contributed by atoms with Crippen molar-refractivity contribution in [2.45, 2.75) is 37.5 Å². The van der Waals surface area contributed by atoms with Crippen LogP contribution < -0.4 is 0 Å². The summed E-state index contributed by atoms with van der Waals surface area (Å²) >= 11 is 7.59. The molecule has 2 bridgehead atoms. The Morgan fingerprint density at radius 3 is 2.93 bits per heavy atom. The summed E-state index contributed by atoms with van der Waals surface area (Å²) in [5.41, 5.74) is 1.06. The van der Waals surface area contributed by atoms with E-state index in [0.717, 1.165) is 23.4 Å². The van der Waals surface area contributed by atoms with E-state index in [1.807, 2.05) is 11.3 Å². The highest BCUT2D eigenvalue weighted by molar-refractivity contribution is 7.09. The first-order valence-electron chi connectivity index (χ1n) is 5.37. The summed E-state index contributed by atoms with van der Waals surface area (Å²) < 4.78 is 0. The van der Waals surface area contributed by atoms with Crippen molar-refractivity contribution in [1.82, 2.24) is 4.98 Å². The molecule has 2 fully saturated rings. The largest absolute Gasteiger partial charge is 0.245 e. The molecule has 1 aromatic heterocycles. The first-order chi connectivity index (χ1) is 6.86. The molecule has 0 saturated heterocycles. The minimum atomic E-state index is 0.567. The minimum absolute atomic E-state index is 0.567. The van der Waals surface area contributed by atoms with E-state index in [9.17, 15) is 0 Å². The van der Waals surface area contributed by atoms with E-state index in [2.05, 4.69) is 10.4 Å². The summed E-state index contributed by atoms with van der Waals surface area (Å²) in [4.78, 5) is 4.62. The van der Waals surface area contributed by atoms with Gasteiger partial charge in [0.25, 0.3) is 0 Å². The van der Waals surface area contributed by atoms with Crippen molar-refractivity contribution in [3.05, 3.63) is 16.1 Å². The fourth-order valence-electron chi connectivity index (χ4n) is 3.10. The lowest BCUT2D eigenvalue weighted by molar-refractivity contribution is 0.418. The summed E-state index contributed by atoms with van der Waals surface area (Å²) in [6.07, 6.45) is 5.75. The lowest BCUT2D eigenvalue weighted by Gasteiger charge is -2.18. The molecule has 3 heteroatoms. The molecule has 0 aromatic carbocycles. The van der Waals surface area contributed by atoms with Crippen molar-refractivity contribution < 1.29 is 0 Å². The van der Waals surface area contributed by atoms with E-state index in [1.165, 1.54) is 30.7 Å². The van der Waals surface area contributed by atoms with Crippen LogP contribution in [0.25, 0.3) is 0 Å². The van der Waals surface area contributed by atoms with Crippen molar-refractivity contribution >= 4 is 22.9 Å². The molecule has 3 rings (SSSR count). The van der Waals surface area contributed by atoms with Gasteiger partial charge in [-0.1, -0.05) is 6.42 Å². The zero-order valence-electron chi connectivity index (χ0n) is 8.08. The maximum Gasteiger partial charge on any atom is 0.0962 e. The van der Waals surface area contributed by atoms with Crippen LogP contribution in [0.2, 0.25) is 0 Å². The molecular weight excluding hydrogens is 214 g/mol.